The molecule has 0 aromatic heterocycles. The van der Waals surface area contributed by atoms with Gasteiger partial charge in [-0.05, 0) is 31.4 Å². The van der Waals surface area contributed by atoms with E-state index >= 15 is 0 Å². The van der Waals surface area contributed by atoms with Crippen molar-refractivity contribution in [2.24, 2.45) is 5.92 Å². The largest absolute Gasteiger partial charge is 0.490 e. The van der Waals surface area contributed by atoms with Crippen molar-refractivity contribution in [3.05, 3.63) is 29.3 Å². The van der Waals surface area contributed by atoms with Crippen LogP contribution in [0, 0.1) is 12.8 Å². The molecular weight excluding hydrogens is 228 g/mol. The molecule has 3 rings (SSSR count). The molecule has 1 aromatic rings. The number of hydrogen-bond acceptors (Lipinski definition) is 3. The SMILES string of the molecule is Cc1ccc2c(c1)CC(CC1COCCC1O)O2. The van der Waals surface area contributed by atoms with Crippen molar-refractivity contribution in [1.82, 2.24) is 0 Å². The van der Waals surface area contributed by atoms with Gasteiger partial charge in [-0.2, -0.15) is 0 Å². The normalized spacial score (nSPS) is 30.9. The summed E-state index contributed by atoms with van der Waals surface area (Å²) >= 11 is 0. The number of rotatable bonds is 2. The third-order valence-electron chi connectivity index (χ3n) is 3.96. The van der Waals surface area contributed by atoms with Crippen LogP contribution in [-0.4, -0.2) is 30.5 Å². The van der Waals surface area contributed by atoms with E-state index in [1.807, 2.05) is 0 Å². The average molecular weight is 248 g/mol. The minimum Gasteiger partial charge on any atom is -0.490 e. The summed E-state index contributed by atoms with van der Waals surface area (Å²) in [5.41, 5.74) is 2.57. The molecule has 98 valence electrons. The van der Waals surface area contributed by atoms with Crippen molar-refractivity contribution in [1.29, 1.82) is 0 Å². The van der Waals surface area contributed by atoms with Crippen LogP contribution in [0.15, 0.2) is 18.2 Å². The highest BCUT2D eigenvalue weighted by Crippen LogP contribution is 2.33. The van der Waals surface area contributed by atoms with E-state index in [0.717, 1.165) is 25.0 Å². The van der Waals surface area contributed by atoms with Crippen LogP contribution in [0.1, 0.15) is 24.0 Å². The van der Waals surface area contributed by atoms with Crippen molar-refractivity contribution in [3.8, 4) is 5.75 Å². The van der Waals surface area contributed by atoms with Crippen LogP contribution in [0.25, 0.3) is 0 Å². The molecule has 1 N–H and O–H groups in total. The molecule has 0 amide bonds. The predicted molar refractivity (Wildman–Crippen MR) is 68.8 cm³/mol. The Morgan fingerprint density at radius 3 is 3.11 bits per heavy atom. The van der Waals surface area contributed by atoms with Gasteiger partial charge in [-0.25, -0.2) is 0 Å². The Labute approximate surface area is 108 Å². The Bertz CT molecular complexity index is 430. The molecule has 2 heterocycles. The van der Waals surface area contributed by atoms with Gasteiger partial charge in [-0.1, -0.05) is 17.7 Å². The standard InChI is InChI=1S/C15H20O3/c1-10-2-3-15-11(6-10)7-13(18-15)8-12-9-17-5-4-14(12)16/h2-3,6,12-14,16H,4-5,7-9H2,1H3. The van der Waals surface area contributed by atoms with Gasteiger partial charge in [0.15, 0.2) is 0 Å². The van der Waals surface area contributed by atoms with E-state index in [-0.39, 0.29) is 18.1 Å². The first-order valence-corrected chi connectivity index (χ1v) is 6.74. The molecule has 3 unspecified atom stereocenters. The van der Waals surface area contributed by atoms with E-state index in [1.54, 1.807) is 0 Å². The molecule has 0 aliphatic carbocycles. The van der Waals surface area contributed by atoms with Crippen molar-refractivity contribution < 1.29 is 14.6 Å². The molecule has 18 heavy (non-hydrogen) atoms. The van der Waals surface area contributed by atoms with E-state index < -0.39 is 0 Å². The molecule has 2 aliphatic rings. The van der Waals surface area contributed by atoms with Gasteiger partial charge >= 0.3 is 0 Å². The van der Waals surface area contributed by atoms with Crippen LogP contribution in [0.4, 0.5) is 0 Å². The Kier molecular flexibility index (Phi) is 3.27. The van der Waals surface area contributed by atoms with Gasteiger partial charge in [-0.15, -0.1) is 0 Å². The van der Waals surface area contributed by atoms with Crippen molar-refractivity contribution in [2.75, 3.05) is 13.2 Å². The molecule has 1 saturated heterocycles. The van der Waals surface area contributed by atoms with E-state index in [0.29, 0.717) is 13.2 Å². The second kappa shape index (κ2) is 4.90. The van der Waals surface area contributed by atoms with Crippen LogP contribution in [0.2, 0.25) is 0 Å². The molecule has 3 heteroatoms. The first-order chi connectivity index (χ1) is 8.72. The third kappa shape index (κ3) is 2.38. The first kappa shape index (κ1) is 12.0. The molecule has 3 atom stereocenters. The Morgan fingerprint density at radius 2 is 2.28 bits per heavy atom. The van der Waals surface area contributed by atoms with Crippen LogP contribution >= 0.6 is 0 Å². The minimum absolute atomic E-state index is 0.197. The third-order valence-corrected chi connectivity index (χ3v) is 3.96. The monoisotopic (exact) mass is 248 g/mol. The number of hydrogen-bond donors (Lipinski definition) is 1. The first-order valence-electron chi connectivity index (χ1n) is 6.74. The summed E-state index contributed by atoms with van der Waals surface area (Å²) < 4.78 is 11.4. The number of aliphatic hydroxyl groups excluding tert-OH is 1. The number of aryl methyl sites for hydroxylation is 1. The minimum atomic E-state index is -0.229. The maximum atomic E-state index is 9.95. The highest BCUT2D eigenvalue weighted by Gasteiger charge is 2.30. The molecule has 1 fully saturated rings. The molecule has 3 nitrogen and oxygen atoms in total. The van der Waals surface area contributed by atoms with Crippen LogP contribution in [0.3, 0.4) is 0 Å². The van der Waals surface area contributed by atoms with E-state index in [9.17, 15) is 5.11 Å². The number of fused-ring (bicyclic) bond motifs is 1. The lowest BCUT2D eigenvalue weighted by Crippen LogP contribution is -2.35. The van der Waals surface area contributed by atoms with E-state index in [4.69, 9.17) is 9.47 Å². The number of benzene rings is 1. The van der Waals surface area contributed by atoms with Gasteiger partial charge in [0.05, 0.1) is 12.7 Å². The summed E-state index contributed by atoms with van der Waals surface area (Å²) in [4.78, 5) is 0. The molecule has 0 spiro atoms. The summed E-state index contributed by atoms with van der Waals surface area (Å²) in [5, 5.41) is 9.95. The zero-order valence-corrected chi connectivity index (χ0v) is 10.8. The van der Waals surface area contributed by atoms with Crippen molar-refractivity contribution >= 4 is 0 Å². The van der Waals surface area contributed by atoms with Crippen LogP contribution < -0.4 is 4.74 Å². The quantitative estimate of drug-likeness (QED) is 0.871. The van der Waals surface area contributed by atoms with Gasteiger partial charge in [0.1, 0.15) is 11.9 Å². The molecule has 2 aliphatic heterocycles. The Hall–Kier alpha value is -1.06. The second-order valence-corrected chi connectivity index (χ2v) is 5.48. The summed E-state index contributed by atoms with van der Waals surface area (Å²) in [7, 11) is 0. The summed E-state index contributed by atoms with van der Waals surface area (Å²) in [6.07, 6.45) is 2.56. The smallest absolute Gasteiger partial charge is 0.123 e. The molecule has 0 radical (unpaired) electrons. The number of ether oxygens (including phenoxy) is 2. The lowest BCUT2D eigenvalue weighted by molar-refractivity contribution is -0.0478. The maximum Gasteiger partial charge on any atom is 0.123 e. The second-order valence-electron chi connectivity index (χ2n) is 5.48. The highest BCUT2D eigenvalue weighted by atomic mass is 16.5. The molecule has 0 saturated carbocycles. The number of aliphatic hydroxyl groups is 1. The lowest BCUT2D eigenvalue weighted by atomic mass is 9.91. The fraction of sp³-hybridized carbons (Fsp3) is 0.600. The summed E-state index contributed by atoms with van der Waals surface area (Å²) in [5.74, 6) is 1.23. The average Bonchev–Trinajstić information content (AvgIpc) is 2.73. The molecular formula is C15H20O3. The van der Waals surface area contributed by atoms with Crippen LogP contribution in [0.5, 0.6) is 5.75 Å². The Balaban J connectivity index is 1.63. The molecule has 1 aromatic carbocycles. The van der Waals surface area contributed by atoms with Crippen LogP contribution in [-0.2, 0) is 11.2 Å². The predicted octanol–water partition coefficient (Wildman–Crippen LogP) is 2.09. The molecule has 0 bridgehead atoms. The van der Waals surface area contributed by atoms with Gasteiger partial charge in [-0.3, -0.25) is 0 Å². The zero-order valence-electron chi connectivity index (χ0n) is 10.8. The van der Waals surface area contributed by atoms with Gasteiger partial charge in [0, 0.05) is 18.9 Å². The lowest BCUT2D eigenvalue weighted by Gasteiger charge is -2.29. The topological polar surface area (TPSA) is 38.7 Å². The van der Waals surface area contributed by atoms with Crippen molar-refractivity contribution in [2.45, 2.75) is 38.4 Å². The fourth-order valence-corrected chi connectivity index (χ4v) is 2.93. The zero-order chi connectivity index (χ0) is 12.5. The van der Waals surface area contributed by atoms with Gasteiger partial charge in [0.2, 0.25) is 0 Å². The van der Waals surface area contributed by atoms with E-state index in [2.05, 4.69) is 25.1 Å². The van der Waals surface area contributed by atoms with Gasteiger partial charge in [0.25, 0.3) is 0 Å². The van der Waals surface area contributed by atoms with E-state index in [1.165, 1.54) is 11.1 Å². The Morgan fingerprint density at radius 1 is 1.39 bits per heavy atom. The van der Waals surface area contributed by atoms with Gasteiger partial charge < -0.3 is 14.6 Å². The summed E-state index contributed by atoms with van der Waals surface area (Å²) in [6.45, 7) is 3.45. The maximum absolute atomic E-state index is 9.95. The highest BCUT2D eigenvalue weighted by molar-refractivity contribution is 5.40. The summed E-state index contributed by atoms with van der Waals surface area (Å²) in [6, 6.07) is 6.33. The fourth-order valence-electron chi connectivity index (χ4n) is 2.93. The van der Waals surface area contributed by atoms with Crippen molar-refractivity contribution in [3.63, 3.8) is 0 Å².